The van der Waals surface area contributed by atoms with Crippen molar-refractivity contribution in [2.24, 2.45) is 0 Å². The van der Waals surface area contributed by atoms with Gasteiger partial charge in [-0.05, 0) is 36.2 Å². The van der Waals surface area contributed by atoms with E-state index in [2.05, 4.69) is 30.2 Å². The number of pyridine rings is 2. The maximum absolute atomic E-state index is 10.2. The maximum Gasteiger partial charge on any atom is 0.134 e. The van der Waals surface area contributed by atoms with Crippen LogP contribution in [0.2, 0.25) is 0 Å². The highest BCUT2D eigenvalue weighted by molar-refractivity contribution is 5.63. The lowest BCUT2D eigenvalue weighted by atomic mass is 10.1. The molecule has 29 heavy (non-hydrogen) atoms. The Hall–Kier alpha value is -3.26. The molecule has 4 rings (SSSR count). The van der Waals surface area contributed by atoms with Crippen LogP contribution < -0.4 is 15.1 Å². The molecule has 0 bridgehead atoms. The van der Waals surface area contributed by atoms with Crippen LogP contribution in [0.5, 0.6) is 0 Å². The molecule has 0 saturated carbocycles. The highest BCUT2D eigenvalue weighted by Crippen LogP contribution is 2.26. The minimum atomic E-state index is -0.374. The summed E-state index contributed by atoms with van der Waals surface area (Å²) in [5, 5.41) is 13.6. The molecular weight excluding hydrogens is 366 g/mol. The zero-order valence-electron chi connectivity index (χ0n) is 16.6. The van der Waals surface area contributed by atoms with Crippen molar-refractivity contribution in [1.29, 1.82) is 0 Å². The van der Waals surface area contributed by atoms with Gasteiger partial charge in [-0.1, -0.05) is 0 Å². The summed E-state index contributed by atoms with van der Waals surface area (Å²) in [6.07, 6.45) is 7.28. The number of nitrogens with zero attached hydrogens (tertiary/aromatic N) is 6. The number of hydrogen-bond donors (Lipinski definition) is 2. The first-order valence-electron chi connectivity index (χ1n) is 9.64. The summed E-state index contributed by atoms with van der Waals surface area (Å²) in [7, 11) is 3.90. The van der Waals surface area contributed by atoms with Crippen molar-refractivity contribution in [2.45, 2.75) is 18.6 Å². The van der Waals surface area contributed by atoms with E-state index in [4.69, 9.17) is 0 Å². The zero-order valence-corrected chi connectivity index (χ0v) is 16.6. The van der Waals surface area contributed by atoms with Crippen LogP contribution in [0.15, 0.2) is 55.2 Å². The third-order valence-electron chi connectivity index (χ3n) is 5.08. The Morgan fingerprint density at radius 3 is 2.66 bits per heavy atom. The van der Waals surface area contributed by atoms with E-state index in [1.54, 1.807) is 18.7 Å². The number of anilines is 3. The molecule has 0 spiro atoms. The molecule has 8 heteroatoms. The highest BCUT2D eigenvalue weighted by atomic mass is 16.3. The number of rotatable bonds is 6. The molecule has 150 valence electrons. The van der Waals surface area contributed by atoms with Crippen molar-refractivity contribution >= 4 is 17.5 Å². The molecule has 3 aromatic rings. The van der Waals surface area contributed by atoms with Gasteiger partial charge < -0.3 is 20.2 Å². The average molecular weight is 391 g/mol. The Bertz CT molecular complexity index is 933. The Kier molecular flexibility index (Phi) is 5.53. The summed E-state index contributed by atoms with van der Waals surface area (Å²) in [6, 6.07) is 10.0. The highest BCUT2D eigenvalue weighted by Gasteiger charge is 2.32. The minimum Gasteiger partial charge on any atom is -0.391 e. The number of aromatic nitrogens is 4. The number of aliphatic hydroxyl groups excluding tert-OH is 1. The van der Waals surface area contributed by atoms with Crippen LogP contribution in [-0.4, -0.2) is 64.4 Å². The van der Waals surface area contributed by atoms with Crippen molar-refractivity contribution in [3.8, 4) is 11.1 Å². The lowest BCUT2D eigenvalue weighted by molar-refractivity contribution is 0.194. The summed E-state index contributed by atoms with van der Waals surface area (Å²) in [6.45, 7) is 1.23. The molecule has 1 aliphatic rings. The lowest BCUT2D eigenvalue weighted by Gasteiger charge is -2.26. The molecular formula is C21H25N7O. The van der Waals surface area contributed by atoms with E-state index in [0.29, 0.717) is 19.5 Å². The molecule has 1 fully saturated rings. The van der Waals surface area contributed by atoms with E-state index >= 15 is 0 Å². The number of β-amino-alcohol motifs (C(OH)–C–C–N with tert-alkyl or cyclic N) is 1. The van der Waals surface area contributed by atoms with E-state index in [1.165, 1.54) is 0 Å². The molecule has 0 aromatic carbocycles. The first kappa shape index (κ1) is 19.1. The molecule has 1 aliphatic heterocycles. The van der Waals surface area contributed by atoms with Crippen molar-refractivity contribution in [2.75, 3.05) is 42.3 Å². The SMILES string of the molecule is CN(C)c1cc(N2C[C@H](O)C[C@@H]2CNc2ccc(-c3ccncc3)cn2)ncn1. The second-order valence-electron chi connectivity index (χ2n) is 7.37. The van der Waals surface area contributed by atoms with Crippen LogP contribution in [0, 0.1) is 0 Å². The first-order chi connectivity index (χ1) is 14.1. The van der Waals surface area contributed by atoms with Gasteiger partial charge in [-0.2, -0.15) is 0 Å². The molecule has 3 aromatic heterocycles. The third kappa shape index (κ3) is 4.43. The Labute approximate surface area is 170 Å². The van der Waals surface area contributed by atoms with Gasteiger partial charge in [0, 0.05) is 57.4 Å². The van der Waals surface area contributed by atoms with Crippen molar-refractivity contribution in [3.05, 3.63) is 55.2 Å². The van der Waals surface area contributed by atoms with Gasteiger partial charge in [0.1, 0.15) is 23.8 Å². The van der Waals surface area contributed by atoms with Crippen LogP contribution in [-0.2, 0) is 0 Å². The largest absolute Gasteiger partial charge is 0.391 e. The summed E-state index contributed by atoms with van der Waals surface area (Å²) < 4.78 is 0. The predicted molar refractivity (Wildman–Crippen MR) is 114 cm³/mol. The van der Waals surface area contributed by atoms with Crippen LogP contribution in [0.1, 0.15) is 6.42 Å². The normalized spacial score (nSPS) is 18.7. The summed E-state index contributed by atoms with van der Waals surface area (Å²) in [4.78, 5) is 21.3. The number of aliphatic hydroxyl groups is 1. The molecule has 8 nitrogen and oxygen atoms in total. The minimum absolute atomic E-state index is 0.122. The summed E-state index contributed by atoms with van der Waals surface area (Å²) in [5.41, 5.74) is 2.14. The van der Waals surface area contributed by atoms with E-state index in [9.17, 15) is 5.11 Å². The Morgan fingerprint density at radius 2 is 1.93 bits per heavy atom. The molecule has 2 atom stereocenters. The van der Waals surface area contributed by atoms with Crippen LogP contribution in [0.25, 0.3) is 11.1 Å². The topological polar surface area (TPSA) is 90.3 Å². The standard InChI is InChI=1S/C21H25N7O/c1-27(2)20-10-21(26-14-25-20)28-13-18(29)9-17(28)12-24-19-4-3-16(11-23-19)15-5-7-22-8-6-15/h3-8,10-11,14,17-18,29H,9,12-13H2,1-2H3,(H,23,24)/t17-,18-/m1/s1. The van der Waals surface area contributed by atoms with E-state index in [0.717, 1.165) is 28.6 Å². The van der Waals surface area contributed by atoms with Gasteiger partial charge in [0.05, 0.1) is 12.1 Å². The fraction of sp³-hybridized carbons (Fsp3) is 0.333. The van der Waals surface area contributed by atoms with Crippen molar-refractivity contribution in [1.82, 2.24) is 19.9 Å². The molecule has 0 unspecified atom stereocenters. The smallest absolute Gasteiger partial charge is 0.134 e. The maximum atomic E-state index is 10.2. The molecule has 0 radical (unpaired) electrons. The second kappa shape index (κ2) is 8.40. The Morgan fingerprint density at radius 1 is 1.10 bits per heavy atom. The summed E-state index contributed by atoms with van der Waals surface area (Å²) in [5.74, 6) is 2.48. The quantitative estimate of drug-likeness (QED) is 0.660. The molecule has 2 N–H and O–H groups in total. The van der Waals surface area contributed by atoms with Gasteiger partial charge in [0.15, 0.2) is 0 Å². The van der Waals surface area contributed by atoms with Crippen LogP contribution in [0.3, 0.4) is 0 Å². The van der Waals surface area contributed by atoms with Crippen molar-refractivity contribution < 1.29 is 5.11 Å². The third-order valence-corrected chi connectivity index (χ3v) is 5.08. The van der Waals surface area contributed by atoms with Crippen LogP contribution in [0.4, 0.5) is 17.5 Å². The predicted octanol–water partition coefficient (Wildman–Crippen LogP) is 2.05. The number of hydrogen-bond acceptors (Lipinski definition) is 8. The summed E-state index contributed by atoms with van der Waals surface area (Å²) >= 11 is 0. The Balaban J connectivity index is 1.43. The molecule has 0 aliphatic carbocycles. The monoisotopic (exact) mass is 391 g/mol. The lowest BCUT2D eigenvalue weighted by Crippen LogP contribution is -2.36. The van der Waals surface area contributed by atoms with E-state index in [1.807, 2.05) is 55.5 Å². The fourth-order valence-corrected chi connectivity index (χ4v) is 3.54. The second-order valence-corrected chi connectivity index (χ2v) is 7.37. The van der Waals surface area contributed by atoms with Gasteiger partial charge in [-0.25, -0.2) is 15.0 Å². The fourth-order valence-electron chi connectivity index (χ4n) is 3.54. The van der Waals surface area contributed by atoms with Crippen molar-refractivity contribution in [3.63, 3.8) is 0 Å². The van der Waals surface area contributed by atoms with Gasteiger partial charge >= 0.3 is 0 Å². The zero-order chi connectivity index (χ0) is 20.2. The van der Waals surface area contributed by atoms with E-state index < -0.39 is 0 Å². The van der Waals surface area contributed by atoms with Gasteiger partial charge in [0.2, 0.25) is 0 Å². The van der Waals surface area contributed by atoms with Crippen LogP contribution >= 0.6 is 0 Å². The van der Waals surface area contributed by atoms with Gasteiger partial charge in [0.25, 0.3) is 0 Å². The van der Waals surface area contributed by atoms with E-state index in [-0.39, 0.29) is 12.1 Å². The van der Waals surface area contributed by atoms with Gasteiger partial charge in [-0.3, -0.25) is 4.98 Å². The first-order valence-corrected chi connectivity index (χ1v) is 9.64. The molecule has 0 amide bonds. The molecule has 4 heterocycles. The number of nitrogens with one attached hydrogen (secondary N) is 1. The van der Waals surface area contributed by atoms with Gasteiger partial charge in [-0.15, -0.1) is 0 Å². The molecule has 1 saturated heterocycles. The average Bonchev–Trinajstić information content (AvgIpc) is 3.14.